The molecular weight excluding hydrogens is 336 g/mol. The Bertz CT molecular complexity index is 661. The Morgan fingerprint density at radius 1 is 1.48 bits per heavy atom. The van der Waals surface area contributed by atoms with E-state index < -0.39 is 0 Å². The minimum atomic E-state index is -0.0958. The van der Waals surface area contributed by atoms with Crippen LogP contribution in [0.1, 0.15) is 44.7 Å². The molecule has 136 valence electrons. The van der Waals surface area contributed by atoms with Gasteiger partial charge in [-0.05, 0) is 50.4 Å². The molecule has 25 heavy (non-hydrogen) atoms. The lowest BCUT2D eigenvalue weighted by molar-refractivity contribution is -0.121. The highest BCUT2D eigenvalue weighted by Crippen LogP contribution is 2.49. The lowest BCUT2D eigenvalue weighted by Crippen LogP contribution is -2.46. The predicted octanol–water partition coefficient (Wildman–Crippen LogP) is 2.55. The van der Waals surface area contributed by atoms with Gasteiger partial charge >= 0.3 is 6.03 Å². The molecule has 4 rings (SSSR count). The van der Waals surface area contributed by atoms with Crippen LogP contribution in [0.4, 0.5) is 9.93 Å². The van der Waals surface area contributed by atoms with Gasteiger partial charge in [0.1, 0.15) is 0 Å². The van der Waals surface area contributed by atoms with Gasteiger partial charge in [0.2, 0.25) is 5.91 Å². The Labute approximate surface area is 152 Å². The molecule has 3 amide bonds. The highest BCUT2D eigenvalue weighted by Gasteiger charge is 2.42. The average molecular weight is 362 g/mol. The van der Waals surface area contributed by atoms with E-state index in [4.69, 9.17) is 0 Å². The van der Waals surface area contributed by atoms with Crippen LogP contribution in [0.2, 0.25) is 0 Å². The molecule has 3 fully saturated rings. The van der Waals surface area contributed by atoms with Gasteiger partial charge in [0.05, 0.1) is 12.1 Å². The number of nitrogens with one attached hydrogen (secondary N) is 2. The first-order valence-electron chi connectivity index (χ1n) is 9.39. The first-order valence-corrected chi connectivity index (χ1v) is 10.3. The molecule has 0 spiro atoms. The molecule has 1 aromatic heterocycles. The summed E-state index contributed by atoms with van der Waals surface area (Å²) < 4.78 is 0. The van der Waals surface area contributed by atoms with E-state index in [1.807, 2.05) is 5.38 Å². The van der Waals surface area contributed by atoms with Gasteiger partial charge in [-0.3, -0.25) is 9.69 Å². The molecule has 0 radical (unpaired) electrons. The SMILES string of the molecule is CC(NC(=O)Cc1csc(N2CCCNC2=O)n1)C1CC2CCC1C2. The molecule has 7 heteroatoms. The van der Waals surface area contributed by atoms with Crippen molar-refractivity contribution in [3.8, 4) is 0 Å². The summed E-state index contributed by atoms with van der Waals surface area (Å²) in [4.78, 5) is 30.4. The topological polar surface area (TPSA) is 74.3 Å². The standard InChI is InChI=1S/C18H26N4O2S/c1-11(15-8-12-3-4-13(15)7-12)20-16(23)9-14-10-25-18(21-14)22-6-2-5-19-17(22)24/h10-13,15H,2-9H2,1H3,(H,19,24)(H,20,23). The van der Waals surface area contributed by atoms with Crippen LogP contribution in [0, 0.1) is 17.8 Å². The third-order valence-electron chi connectivity index (χ3n) is 6.02. The number of nitrogens with zero attached hydrogens (tertiary/aromatic N) is 2. The van der Waals surface area contributed by atoms with E-state index in [9.17, 15) is 9.59 Å². The molecule has 2 heterocycles. The maximum absolute atomic E-state index is 12.4. The summed E-state index contributed by atoms with van der Waals surface area (Å²) >= 11 is 1.43. The molecule has 0 aromatic carbocycles. The van der Waals surface area contributed by atoms with Gasteiger partial charge in [-0.15, -0.1) is 11.3 Å². The molecule has 1 aromatic rings. The van der Waals surface area contributed by atoms with Crippen molar-refractivity contribution in [3.63, 3.8) is 0 Å². The number of rotatable bonds is 5. The van der Waals surface area contributed by atoms with Crippen LogP contribution in [-0.4, -0.2) is 36.1 Å². The average Bonchev–Trinajstić information content (AvgIpc) is 3.31. The van der Waals surface area contributed by atoms with Crippen molar-refractivity contribution in [3.05, 3.63) is 11.1 Å². The number of thiazole rings is 1. The molecule has 2 bridgehead atoms. The third-order valence-corrected chi connectivity index (χ3v) is 6.93. The molecule has 1 aliphatic heterocycles. The Morgan fingerprint density at radius 2 is 2.36 bits per heavy atom. The van der Waals surface area contributed by atoms with E-state index in [0.29, 0.717) is 17.6 Å². The lowest BCUT2D eigenvalue weighted by Gasteiger charge is -2.28. The zero-order chi connectivity index (χ0) is 17.4. The second-order valence-corrected chi connectivity index (χ2v) is 8.57. The first kappa shape index (κ1) is 16.8. The third kappa shape index (κ3) is 3.52. The molecule has 4 unspecified atom stereocenters. The number of anilines is 1. The summed E-state index contributed by atoms with van der Waals surface area (Å²) in [7, 11) is 0. The van der Waals surface area contributed by atoms with Gasteiger partial charge < -0.3 is 10.6 Å². The van der Waals surface area contributed by atoms with Crippen LogP contribution in [0.15, 0.2) is 5.38 Å². The number of amides is 3. The number of aromatic nitrogens is 1. The Kier molecular flexibility index (Phi) is 4.67. The molecule has 2 saturated carbocycles. The molecule has 6 nitrogen and oxygen atoms in total. The van der Waals surface area contributed by atoms with Gasteiger partial charge in [-0.1, -0.05) is 6.42 Å². The zero-order valence-electron chi connectivity index (χ0n) is 14.7. The first-order chi connectivity index (χ1) is 12.1. The van der Waals surface area contributed by atoms with Crippen molar-refractivity contribution in [1.29, 1.82) is 0 Å². The lowest BCUT2D eigenvalue weighted by atomic mass is 9.84. The van der Waals surface area contributed by atoms with Crippen LogP contribution in [0.3, 0.4) is 0 Å². The minimum Gasteiger partial charge on any atom is -0.353 e. The van der Waals surface area contributed by atoms with Crippen LogP contribution in [-0.2, 0) is 11.2 Å². The summed E-state index contributed by atoms with van der Waals surface area (Å²) in [6.07, 6.45) is 6.56. The number of urea groups is 1. The summed E-state index contributed by atoms with van der Waals surface area (Å²) in [5.41, 5.74) is 0.746. The number of fused-ring (bicyclic) bond motifs is 2. The van der Waals surface area contributed by atoms with E-state index in [1.54, 1.807) is 4.90 Å². The maximum atomic E-state index is 12.4. The van der Waals surface area contributed by atoms with E-state index >= 15 is 0 Å². The van der Waals surface area contributed by atoms with E-state index in [-0.39, 0.29) is 24.4 Å². The van der Waals surface area contributed by atoms with E-state index in [2.05, 4.69) is 22.5 Å². The monoisotopic (exact) mass is 362 g/mol. The van der Waals surface area contributed by atoms with Crippen molar-refractivity contribution >= 4 is 28.4 Å². The van der Waals surface area contributed by atoms with Crippen molar-refractivity contribution in [2.75, 3.05) is 18.0 Å². The second kappa shape index (κ2) is 6.94. The molecule has 2 aliphatic carbocycles. The fraction of sp³-hybridized carbons (Fsp3) is 0.722. The Morgan fingerprint density at radius 3 is 3.08 bits per heavy atom. The number of carbonyl (C=O) groups excluding carboxylic acids is 2. The number of hydrogen-bond acceptors (Lipinski definition) is 4. The molecule has 2 N–H and O–H groups in total. The Hall–Kier alpha value is -1.63. The minimum absolute atomic E-state index is 0.0372. The highest BCUT2D eigenvalue weighted by atomic mass is 32.1. The zero-order valence-corrected chi connectivity index (χ0v) is 15.5. The van der Waals surface area contributed by atoms with Crippen molar-refractivity contribution in [1.82, 2.24) is 15.6 Å². The van der Waals surface area contributed by atoms with Crippen molar-refractivity contribution in [2.24, 2.45) is 17.8 Å². The van der Waals surface area contributed by atoms with E-state index in [1.165, 1.54) is 37.0 Å². The van der Waals surface area contributed by atoms with Crippen LogP contribution in [0.5, 0.6) is 0 Å². The van der Waals surface area contributed by atoms with Crippen LogP contribution < -0.4 is 15.5 Å². The normalized spacial score (nSPS) is 29.6. The largest absolute Gasteiger partial charge is 0.353 e. The summed E-state index contributed by atoms with van der Waals surface area (Å²) in [5, 5.41) is 8.58. The highest BCUT2D eigenvalue weighted by molar-refractivity contribution is 7.14. The molecular formula is C18H26N4O2S. The van der Waals surface area contributed by atoms with Crippen molar-refractivity contribution in [2.45, 2.75) is 51.5 Å². The predicted molar refractivity (Wildman–Crippen MR) is 97.7 cm³/mol. The smallest absolute Gasteiger partial charge is 0.323 e. The maximum Gasteiger partial charge on any atom is 0.323 e. The van der Waals surface area contributed by atoms with Gasteiger partial charge in [0.25, 0.3) is 0 Å². The van der Waals surface area contributed by atoms with Gasteiger partial charge in [-0.25, -0.2) is 9.78 Å². The van der Waals surface area contributed by atoms with Gasteiger partial charge in [0.15, 0.2) is 5.13 Å². The van der Waals surface area contributed by atoms with Gasteiger partial charge in [-0.2, -0.15) is 0 Å². The quantitative estimate of drug-likeness (QED) is 0.845. The summed E-state index contributed by atoms with van der Waals surface area (Å²) in [5.74, 6) is 2.39. The molecule has 1 saturated heterocycles. The number of carbonyl (C=O) groups is 2. The Balaban J connectivity index is 1.31. The fourth-order valence-electron chi connectivity index (χ4n) is 4.80. The molecule has 4 atom stereocenters. The summed E-state index contributed by atoms with van der Waals surface area (Å²) in [6, 6.07) is 0.148. The summed E-state index contributed by atoms with van der Waals surface area (Å²) in [6.45, 7) is 3.55. The fourth-order valence-corrected chi connectivity index (χ4v) is 5.65. The van der Waals surface area contributed by atoms with Gasteiger partial charge in [0, 0.05) is 24.5 Å². The van der Waals surface area contributed by atoms with Crippen molar-refractivity contribution < 1.29 is 9.59 Å². The van der Waals surface area contributed by atoms with E-state index in [0.717, 1.165) is 30.5 Å². The van der Waals surface area contributed by atoms with Crippen LogP contribution in [0.25, 0.3) is 0 Å². The second-order valence-electron chi connectivity index (χ2n) is 7.73. The number of hydrogen-bond donors (Lipinski definition) is 2. The van der Waals surface area contributed by atoms with Crippen LogP contribution >= 0.6 is 11.3 Å². The molecule has 3 aliphatic rings.